The molecule has 0 amide bonds. The minimum atomic E-state index is 0.817. The normalized spacial score (nSPS) is 10.3. The highest BCUT2D eigenvalue weighted by atomic mass is 79.9. The fraction of sp³-hybridized carbons (Fsp3) is 0.0526. The molecule has 0 saturated heterocycles. The number of rotatable bonds is 4. The monoisotopic (exact) mass is 337 g/mol. The fourth-order valence-electron chi connectivity index (χ4n) is 2.31. The lowest BCUT2D eigenvalue weighted by Gasteiger charge is -2.12. The molecule has 0 atom stereocenters. The van der Waals surface area contributed by atoms with Crippen molar-refractivity contribution in [2.45, 2.75) is 6.54 Å². The van der Waals surface area contributed by atoms with Crippen molar-refractivity contribution in [1.82, 2.24) is 0 Å². The molecule has 3 aromatic carbocycles. The number of benzene rings is 3. The summed E-state index contributed by atoms with van der Waals surface area (Å²) in [5, 5.41) is 3.53. The topological polar surface area (TPSA) is 12.0 Å². The molecule has 0 unspecified atom stereocenters. The van der Waals surface area contributed by atoms with Gasteiger partial charge in [0.15, 0.2) is 0 Å². The van der Waals surface area contributed by atoms with Gasteiger partial charge in [-0.1, -0.05) is 76.6 Å². The standard InChI is InChI=1S/C19H16BrN/c20-17-12-10-15(11-13-17)14-21-19-9-5-4-8-18(19)16-6-2-1-3-7-16/h1-13,21H,14H2. The summed E-state index contributed by atoms with van der Waals surface area (Å²) in [5.74, 6) is 0. The predicted molar refractivity (Wildman–Crippen MR) is 93.3 cm³/mol. The van der Waals surface area contributed by atoms with Gasteiger partial charge in [-0.3, -0.25) is 0 Å². The third-order valence-electron chi connectivity index (χ3n) is 3.41. The first-order valence-electron chi connectivity index (χ1n) is 6.96. The molecule has 1 nitrogen and oxygen atoms in total. The van der Waals surface area contributed by atoms with Crippen molar-refractivity contribution in [3.63, 3.8) is 0 Å². The summed E-state index contributed by atoms with van der Waals surface area (Å²) in [5.41, 5.74) is 4.89. The Morgan fingerprint density at radius 3 is 2.14 bits per heavy atom. The molecular formula is C19H16BrN. The summed E-state index contributed by atoms with van der Waals surface area (Å²) in [7, 11) is 0. The molecule has 2 heteroatoms. The van der Waals surface area contributed by atoms with Gasteiger partial charge in [-0.25, -0.2) is 0 Å². The van der Waals surface area contributed by atoms with Crippen LogP contribution < -0.4 is 5.32 Å². The smallest absolute Gasteiger partial charge is 0.0422 e. The molecule has 0 saturated carbocycles. The van der Waals surface area contributed by atoms with E-state index in [9.17, 15) is 0 Å². The van der Waals surface area contributed by atoms with Crippen LogP contribution in [0.2, 0.25) is 0 Å². The van der Waals surface area contributed by atoms with Crippen LogP contribution in [0.3, 0.4) is 0 Å². The highest BCUT2D eigenvalue weighted by molar-refractivity contribution is 9.10. The Hall–Kier alpha value is -2.06. The van der Waals surface area contributed by atoms with Gasteiger partial charge in [0, 0.05) is 22.3 Å². The van der Waals surface area contributed by atoms with Crippen molar-refractivity contribution < 1.29 is 0 Å². The third kappa shape index (κ3) is 3.53. The Morgan fingerprint density at radius 2 is 1.38 bits per heavy atom. The van der Waals surface area contributed by atoms with Gasteiger partial charge < -0.3 is 5.32 Å². The first-order chi connectivity index (χ1) is 10.3. The maximum Gasteiger partial charge on any atom is 0.0422 e. The van der Waals surface area contributed by atoms with Crippen LogP contribution in [0.1, 0.15) is 5.56 Å². The van der Waals surface area contributed by atoms with Crippen molar-refractivity contribution in [1.29, 1.82) is 0 Å². The zero-order valence-corrected chi connectivity index (χ0v) is 13.2. The number of para-hydroxylation sites is 1. The largest absolute Gasteiger partial charge is 0.380 e. The molecule has 0 aromatic heterocycles. The van der Waals surface area contributed by atoms with Gasteiger partial charge in [0.1, 0.15) is 0 Å². The fourth-order valence-corrected chi connectivity index (χ4v) is 2.57. The summed E-state index contributed by atoms with van der Waals surface area (Å²) >= 11 is 3.46. The Morgan fingerprint density at radius 1 is 0.714 bits per heavy atom. The molecule has 0 heterocycles. The Kier molecular flexibility index (Phi) is 4.37. The molecule has 0 aliphatic carbocycles. The number of hydrogen-bond donors (Lipinski definition) is 1. The van der Waals surface area contributed by atoms with Crippen molar-refractivity contribution in [2.24, 2.45) is 0 Å². The summed E-state index contributed by atoms with van der Waals surface area (Å²) in [6.45, 7) is 0.817. The van der Waals surface area contributed by atoms with Crippen LogP contribution in [-0.2, 0) is 6.54 Å². The van der Waals surface area contributed by atoms with Crippen LogP contribution in [0.4, 0.5) is 5.69 Å². The lowest BCUT2D eigenvalue weighted by molar-refractivity contribution is 1.15. The van der Waals surface area contributed by atoms with Crippen LogP contribution in [0.25, 0.3) is 11.1 Å². The van der Waals surface area contributed by atoms with Gasteiger partial charge in [0.2, 0.25) is 0 Å². The van der Waals surface area contributed by atoms with E-state index in [2.05, 4.69) is 94.0 Å². The number of hydrogen-bond acceptors (Lipinski definition) is 1. The predicted octanol–water partition coefficient (Wildman–Crippen LogP) is 5.73. The Labute approximate surface area is 133 Å². The highest BCUT2D eigenvalue weighted by Crippen LogP contribution is 2.27. The maximum absolute atomic E-state index is 3.53. The van der Waals surface area contributed by atoms with Gasteiger partial charge in [0.05, 0.1) is 0 Å². The maximum atomic E-state index is 3.53. The summed E-state index contributed by atoms with van der Waals surface area (Å²) in [4.78, 5) is 0. The lowest BCUT2D eigenvalue weighted by atomic mass is 10.0. The zero-order valence-electron chi connectivity index (χ0n) is 11.6. The second-order valence-electron chi connectivity index (χ2n) is 4.89. The lowest BCUT2D eigenvalue weighted by Crippen LogP contribution is -2.00. The third-order valence-corrected chi connectivity index (χ3v) is 3.94. The van der Waals surface area contributed by atoms with E-state index in [0.29, 0.717) is 0 Å². The number of nitrogens with one attached hydrogen (secondary N) is 1. The first-order valence-corrected chi connectivity index (χ1v) is 7.75. The van der Waals surface area contributed by atoms with Crippen molar-refractivity contribution in [3.05, 3.63) is 88.9 Å². The van der Waals surface area contributed by atoms with E-state index in [1.807, 2.05) is 6.07 Å². The van der Waals surface area contributed by atoms with E-state index in [1.165, 1.54) is 16.7 Å². The summed E-state index contributed by atoms with van der Waals surface area (Å²) in [6, 6.07) is 27.3. The molecule has 0 fully saturated rings. The van der Waals surface area contributed by atoms with Gasteiger partial charge >= 0.3 is 0 Å². The van der Waals surface area contributed by atoms with E-state index >= 15 is 0 Å². The molecule has 1 N–H and O–H groups in total. The Bertz CT molecular complexity index is 705. The van der Waals surface area contributed by atoms with E-state index in [0.717, 1.165) is 16.7 Å². The zero-order chi connectivity index (χ0) is 14.5. The Balaban J connectivity index is 1.81. The molecule has 0 aliphatic heterocycles. The summed E-state index contributed by atoms with van der Waals surface area (Å²) in [6.07, 6.45) is 0. The summed E-state index contributed by atoms with van der Waals surface area (Å²) < 4.78 is 1.11. The van der Waals surface area contributed by atoms with E-state index < -0.39 is 0 Å². The SMILES string of the molecule is Brc1ccc(CNc2ccccc2-c2ccccc2)cc1. The van der Waals surface area contributed by atoms with E-state index in [-0.39, 0.29) is 0 Å². The van der Waals surface area contributed by atoms with Crippen molar-refractivity contribution in [3.8, 4) is 11.1 Å². The first kappa shape index (κ1) is 13.9. The van der Waals surface area contributed by atoms with Gasteiger partial charge in [-0.15, -0.1) is 0 Å². The number of halogens is 1. The second kappa shape index (κ2) is 6.59. The van der Waals surface area contributed by atoms with Crippen molar-refractivity contribution in [2.75, 3.05) is 5.32 Å². The highest BCUT2D eigenvalue weighted by Gasteiger charge is 2.03. The average molecular weight is 338 g/mol. The molecule has 3 rings (SSSR count). The molecular weight excluding hydrogens is 322 g/mol. The molecule has 3 aromatic rings. The molecule has 104 valence electrons. The number of anilines is 1. The minimum absolute atomic E-state index is 0.817. The van der Waals surface area contributed by atoms with Crippen LogP contribution >= 0.6 is 15.9 Å². The van der Waals surface area contributed by atoms with Crippen LogP contribution in [0.5, 0.6) is 0 Å². The molecule has 21 heavy (non-hydrogen) atoms. The molecule has 0 aliphatic rings. The molecule has 0 spiro atoms. The second-order valence-corrected chi connectivity index (χ2v) is 5.81. The van der Waals surface area contributed by atoms with Gasteiger partial charge in [0.25, 0.3) is 0 Å². The van der Waals surface area contributed by atoms with Crippen LogP contribution in [-0.4, -0.2) is 0 Å². The molecule has 0 radical (unpaired) electrons. The molecule has 0 bridgehead atoms. The van der Waals surface area contributed by atoms with Gasteiger partial charge in [-0.05, 0) is 29.3 Å². The van der Waals surface area contributed by atoms with E-state index in [1.54, 1.807) is 0 Å². The van der Waals surface area contributed by atoms with Gasteiger partial charge in [-0.2, -0.15) is 0 Å². The van der Waals surface area contributed by atoms with Crippen LogP contribution in [0.15, 0.2) is 83.3 Å². The van der Waals surface area contributed by atoms with Crippen molar-refractivity contribution >= 4 is 21.6 Å². The quantitative estimate of drug-likeness (QED) is 0.641. The minimum Gasteiger partial charge on any atom is -0.380 e. The average Bonchev–Trinajstić information content (AvgIpc) is 2.55. The van der Waals surface area contributed by atoms with Crippen LogP contribution in [0, 0.1) is 0 Å². The van der Waals surface area contributed by atoms with E-state index in [4.69, 9.17) is 0 Å².